The molecule has 2 heterocycles. The van der Waals surface area contributed by atoms with Crippen LogP contribution in [0.3, 0.4) is 0 Å². The van der Waals surface area contributed by atoms with Crippen molar-refractivity contribution in [2.24, 2.45) is 5.92 Å². The van der Waals surface area contributed by atoms with E-state index in [-0.39, 0.29) is 35.9 Å². The fraction of sp³-hybridized carbons (Fsp3) is 0.632. The number of halogens is 2. The van der Waals surface area contributed by atoms with Crippen molar-refractivity contribution in [3.63, 3.8) is 0 Å². The summed E-state index contributed by atoms with van der Waals surface area (Å²) >= 11 is 0. The average molecular weight is 386 g/mol. The molecule has 146 valence electrons. The van der Waals surface area contributed by atoms with E-state index in [9.17, 15) is 9.18 Å². The molecule has 7 heteroatoms. The van der Waals surface area contributed by atoms with E-state index in [2.05, 4.69) is 15.5 Å². The second-order valence-electron chi connectivity index (χ2n) is 7.11. The summed E-state index contributed by atoms with van der Waals surface area (Å²) in [5.41, 5.74) is 0.957. The van der Waals surface area contributed by atoms with Gasteiger partial charge in [-0.3, -0.25) is 9.69 Å². The van der Waals surface area contributed by atoms with Crippen molar-refractivity contribution in [3.8, 4) is 5.75 Å². The molecule has 1 aromatic carbocycles. The fourth-order valence-electron chi connectivity index (χ4n) is 3.80. The number of amides is 1. The van der Waals surface area contributed by atoms with Gasteiger partial charge in [-0.05, 0) is 62.4 Å². The average Bonchev–Trinajstić information content (AvgIpc) is 3.15. The topological polar surface area (TPSA) is 53.6 Å². The molecule has 2 N–H and O–H groups in total. The van der Waals surface area contributed by atoms with E-state index in [0.29, 0.717) is 5.92 Å². The monoisotopic (exact) mass is 385 g/mol. The normalized spacial score (nSPS) is 23.3. The summed E-state index contributed by atoms with van der Waals surface area (Å²) in [6.07, 6.45) is 4.26. The molecule has 0 bridgehead atoms. The maximum atomic E-state index is 13.8. The molecule has 0 saturated carbocycles. The first kappa shape index (κ1) is 20.9. The molecule has 0 spiro atoms. The fourth-order valence-corrected chi connectivity index (χ4v) is 3.80. The minimum Gasteiger partial charge on any atom is -0.494 e. The lowest BCUT2D eigenvalue weighted by Gasteiger charge is -2.33. The molecular weight excluding hydrogens is 357 g/mol. The Morgan fingerprint density at radius 1 is 1.38 bits per heavy atom. The van der Waals surface area contributed by atoms with Gasteiger partial charge in [-0.15, -0.1) is 12.4 Å². The third-order valence-corrected chi connectivity index (χ3v) is 5.17. The number of likely N-dealkylation sites (tertiary alicyclic amines) is 1. The highest BCUT2D eigenvalue weighted by Crippen LogP contribution is 2.22. The van der Waals surface area contributed by atoms with Gasteiger partial charge in [-0.25, -0.2) is 4.39 Å². The molecule has 2 aliphatic rings. The van der Waals surface area contributed by atoms with Gasteiger partial charge in [0.05, 0.1) is 13.2 Å². The summed E-state index contributed by atoms with van der Waals surface area (Å²) < 4.78 is 18.8. The van der Waals surface area contributed by atoms with Gasteiger partial charge in [0.25, 0.3) is 0 Å². The van der Waals surface area contributed by atoms with Gasteiger partial charge in [0.1, 0.15) is 0 Å². The van der Waals surface area contributed by atoms with Crippen LogP contribution in [0.2, 0.25) is 0 Å². The second kappa shape index (κ2) is 10.1. The Morgan fingerprint density at radius 2 is 2.23 bits per heavy atom. The summed E-state index contributed by atoms with van der Waals surface area (Å²) in [5, 5.41) is 6.33. The molecule has 5 nitrogen and oxygen atoms in total. The molecule has 1 amide bonds. The van der Waals surface area contributed by atoms with Crippen molar-refractivity contribution in [3.05, 3.63) is 29.6 Å². The van der Waals surface area contributed by atoms with Gasteiger partial charge < -0.3 is 15.4 Å². The summed E-state index contributed by atoms with van der Waals surface area (Å²) in [5.74, 6) is 0.558. The number of nitrogens with one attached hydrogen (secondary N) is 2. The molecule has 26 heavy (non-hydrogen) atoms. The number of ether oxygens (including phenoxy) is 1. The maximum Gasteiger partial charge on any atom is 0.237 e. The Kier molecular flexibility index (Phi) is 8.13. The van der Waals surface area contributed by atoms with Gasteiger partial charge >= 0.3 is 0 Å². The van der Waals surface area contributed by atoms with Crippen molar-refractivity contribution in [2.45, 2.75) is 38.3 Å². The number of piperidine rings is 1. The van der Waals surface area contributed by atoms with E-state index >= 15 is 0 Å². The molecule has 0 radical (unpaired) electrons. The highest BCUT2D eigenvalue weighted by molar-refractivity contribution is 5.85. The Hall–Kier alpha value is -1.37. The zero-order valence-corrected chi connectivity index (χ0v) is 16.1. The molecule has 2 unspecified atom stereocenters. The van der Waals surface area contributed by atoms with E-state index in [1.54, 1.807) is 12.1 Å². The zero-order chi connectivity index (χ0) is 17.6. The van der Waals surface area contributed by atoms with Crippen LogP contribution >= 0.6 is 12.4 Å². The highest BCUT2D eigenvalue weighted by Gasteiger charge is 2.24. The van der Waals surface area contributed by atoms with Crippen LogP contribution in [0.1, 0.15) is 31.2 Å². The van der Waals surface area contributed by atoms with Crippen molar-refractivity contribution in [2.75, 3.05) is 33.3 Å². The van der Waals surface area contributed by atoms with Crippen LogP contribution in [0.15, 0.2) is 18.2 Å². The lowest BCUT2D eigenvalue weighted by atomic mass is 9.97. The minimum absolute atomic E-state index is 0. The zero-order valence-electron chi connectivity index (χ0n) is 15.3. The number of hydrogen-bond donors (Lipinski definition) is 2. The molecule has 0 aromatic heterocycles. The molecule has 2 atom stereocenters. The third-order valence-electron chi connectivity index (χ3n) is 5.17. The second-order valence-corrected chi connectivity index (χ2v) is 7.11. The number of nitrogens with zero attached hydrogens (tertiary/aromatic N) is 1. The number of rotatable bonds is 6. The van der Waals surface area contributed by atoms with Gasteiger partial charge in [0, 0.05) is 19.6 Å². The number of hydrogen-bond acceptors (Lipinski definition) is 4. The van der Waals surface area contributed by atoms with Crippen LogP contribution in [0, 0.1) is 11.7 Å². The minimum atomic E-state index is -0.315. The standard InChI is InChI=1S/C19H28FN3O2.ClH/c1-25-18-7-6-14(10-16(18)20)12-23-9-3-4-15(13-23)11-22-19(24)17-5-2-8-21-17;/h6-7,10,15,17,21H,2-5,8-9,11-13H2,1H3,(H,22,24);1H. The molecule has 1 aromatic rings. The molecule has 0 aliphatic carbocycles. The Bertz CT molecular complexity index is 596. The van der Waals surface area contributed by atoms with Crippen LogP contribution in [0.5, 0.6) is 5.75 Å². The van der Waals surface area contributed by atoms with Crippen molar-refractivity contribution in [1.29, 1.82) is 0 Å². The largest absolute Gasteiger partial charge is 0.494 e. The lowest BCUT2D eigenvalue weighted by molar-refractivity contribution is -0.123. The Balaban J connectivity index is 0.00000243. The summed E-state index contributed by atoms with van der Waals surface area (Å²) in [7, 11) is 1.47. The highest BCUT2D eigenvalue weighted by atomic mass is 35.5. The summed E-state index contributed by atoms with van der Waals surface area (Å²) in [6, 6.07) is 5.14. The van der Waals surface area contributed by atoms with Crippen molar-refractivity contribution >= 4 is 18.3 Å². The van der Waals surface area contributed by atoms with Crippen LogP contribution in [0.4, 0.5) is 4.39 Å². The first-order valence-corrected chi connectivity index (χ1v) is 9.21. The van der Waals surface area contributed by atoms with Crippen LogP contribution in [0.25, 0.3) is 0 Å². The van der Waals surface area contributed by atoms with Gasteiger partial charge in [0.15, 0.2) is 11.6 Å². The van der Waals surface area contributed by atoms with Crippen molar-refractivity contribution in [1.82, 2.24) is 15.5 Å². The van der Waals surface area contributed by atoms with Crippen molar-refractivity contribution < 1.29 is 13.9 Å². The predicted octanol–water partition coefficient (Wildman–Crippen LogP) is 2.34. The number of carbonyl (C=O) groups excluding carboxylic acids is 1. The van der Waals surface area contributed by atoms with Crippen LogP contribution in [-0.4, -0.2) is 50.1 Å². The van der Waals surface area contributed by atoms with Crippen LogP contribution < -0.4 is 15.4 Å². The number of carbonyl (C=O) groups is 1. The van der Waals surface area contributed by atoms with Crippen LogP contribution in [-0.2, 0) is 11.3 Å². The van der Waals surface area contributed by atoms with E-state index in [1.165, 1.54) is 7.11 Å². The van der Waals surface area contributed by atoms with E-state index in [1.807, 2.05) is 6.07 Å². The maximum absolute atomic E-state index is 13.8. The molecule has 2 aliphatic heterocycles. The number of methoxy groups -OCH3 is 1. The smallest absolute Gasteiger partial charge is 0.237 e. The lowest BCUT2D eigenvalue weighted by Crippen LogP contribution is -2.45. The summed E-state index contributed by atoms with van der Waals surface area (Å²) in [4.78, 5) is 14.5. The molecule has 2 saturated heterocycles. The Morgan fingerprint density at radius 3 is 2.92 bits per heavy atom. The first-order valence-electron chi connectivity index (χ1n) is 9.21. The predicted molar refractivity (Wildman–Crippen MR) is 102 cm³/mol. The van der Waals surface area contributed by atoms with Gasteiger partial charge in [-0.2, -0.15) is 0 Å². The SMILES string of the molecule is COc1ccc(CN2CCCC(CNC(=O)C3CCCN3)C2)cc1F.Cl. The molecular formula is C19H29ClFN3O2. The van der Waals surface area contributed by atoms with Gasteiger partial charge in [0.2, 0.25) is 5.91 Å². The molecule has 3 rings (SSSR count). The Labute approximate surface area is 161 Å². The first-order chi connectivity index (χ1) is 12.2. The van der Waals surface area contributed by atoms with E-state index < -0.39 is 0 Å². The molecule has 2 fully saturated rings. The quantitative estimate of drug-likeness (QED) is 0.789. The summed E-state index contributed by atoms with van der Waals surface area (Å²) in [6.45, 7) is 4.35. The van der Waals surface area contributed by atoms with E-state index in [4.69, 9.17) is 4.74 Å². The third kappa shape index (κ3) is 5.56. The van der Waals surface area contributed by atoms with E-state index in [0.717, 1.165) is 64.0 Å². The van der Waals surface area contributed by atoms with Gasteiger partial charge in [-0.1, -0.05) is 6.07 Å². The number of benzene rings is 1.